The molecule has 15 heterocycles. The highest BCUT2D eigenvalue weighted by Crippen LogP contribution is 2.38. The fourth-order valence-corrected chi connectivity index (χ4v) is 15.2. The molecule has 12 aliphatic rings. The molecule has 0 saturated carbocycles. The number of hydrogen-bond acceptors (Lipinski definition) is 23. The highest BCUT2D eigenvalue weighted by molar-refractivity contribution is 6.29. The largest absolute Gasteiger partial charge is 0.399 e. The SMILES string of the molecule is C1CC2CNCC1O2.CC.Nc1ccc(-c2nc(N3CC4CCC(C3)O4)cc(N3CC4CCC(C3)O4)n2)cc1.O=[N+]([O-])c1ccc(-c2nc(Cl)cc(N3CC4CCC(C3)O4)n2)cc1.O=[N+]([O-])c1ccc(-c2nc(N3CC4CCC(C3)O4)cc(N3CC4CCC(C3)O4)n2)cc1. The summed E-state index contributed by atoms with van der Waals surface area (Å²) in [6.07, 6.45) is 17.7. The van der Waals surface area contributed by atoms with Crippen LogP contribution in [0.5, 0.6) is 0 Å². The number of nitro benzene ring substituents is 2. The van der Waals surface area contributed by atoms with Gasteiger partial charge in [0.05, 0.1) is 83.1 Å². The highest BCUT2D eigenvalue weighted by atomic mass is 35.5. The molecule has 3 N–H and O–H groups in total. The van der Waals surface area contributed by atoms with E-state index in [0.29, 0.717) is 59.0 Å². The van der Waals surface area contributed by atoms with Gasteiger partial charge in [-0.2, -0.15) is 0 Å². The van der Waals surface area contributed by atoms with Crippen LogP contribution in [0.2, 0.25) is 5.15 Å². The molecule has 12 fully saturated rings. The summed E-state index contributed by atoms with van der Waals surface area (Å²) in [7, 11) is 0. The molecule has 12 saturated heterocycles. The van der Waals surface area contributed by atoms with Gasteiger partial charge in [0.25, 0.3) is 11.4 Å². The fraction of sp³-hybridized carbons (Fsp3) is 0.559. The lowest BCUT2D eigenvalue weighted by Gasteiger charge is -2.35. The fourth-order valence-electron chi connectivity index (χ4n) is 15.0. The van der Waals surface area contributed by atoms with Crippen molar-refractivity contribution < 1.29 is 38.3 Å². The Hall–Kier alpha value is -7.49. The smallest absolute Gasteiger partial charge is 0.269 e. The number of nitro groups is 2. The van der Waals surface area contributed by atoms with Gasteiger partial charge in [-0.1, -0.05) is 25.4 Å². The summed E-state index contributed by atoms with van der Waals surface area (Å²) in [5.74, 6) is 6.39. The van der Waals surface area contributed by atoms with Gasteiger partial charge >= 0.3 is 0 Å². The zero-order valence-corrected chi connectivity index (χ0v) is 54.2. The van der Waals surface area contributed by atoms with Crippen molar-refractivity contribution in [2.45, 2.75) is 164 Å². The Morgan fingerprint density at radius 3 is 0.883 bits per heavy atom. The Morgan fingerprint density at radius 2 is 0.617 bits per heavy atom. The number of nitrogen functional groups attached to an aromatic ring is 1. The van der Waals surface area contributed by atoms with E-state index in [4.69, 9.17) is 65.7 Å². The second kappa shape index (κ2) is 28.5. The quantitative estimate of drug-likeness (QED) is 0.0559. The van der Waals surface area contributed by atoms with Crippen molar-refractivity contribution in [3.05, 3.63) is 116 Å². The van der Waals surface area contributed by atoms with Gasteiger partial charge in [0.1, 0.15) is 34.2 Å². The molecule has 3 aromatic carbocycles. The van der Waals surface area contributed by atoms with Crippen LogP contribution in [0.3, 0.4) is 0 Å². The molecule has 12 atom stereocenters. The predicted octanol–water partition coefficient (Wildman–Crippen LogP) is 9.48. The molecule has 0 spiro atoms. The van der Waals surface area contributed by atoms with Crippen LogP contribution in [-0.2, 0) is 28.4 Å². The van der Waals surface area contributed by atoms with Crippen molar-refractivity contribution in [3.8, 4) is 34.2 Å². The molecule has 0 aliphatic carbocycles. The van der Waals surface area contributed by atoms with Crippen LogP contribution in [0.15, 0.2) is 91.0 Å². The molecule has 12 unspecified atom stereocenters. The molecule has 498 valence electrons. The van der Waals surface area contributed by atoms with Crippen LogP contribution in [0, 0.1) is 20.2 Å². The normalized spacial score (nSPS) is 28.9. The van der Waals surface area contributed by atoms with Crippen LogP contribution in [0.1, 0.15) is 90.9 Å². The summed E-state index contributed by atoms with van der Waals surface area (Å²) in [6.45, 7) is 14.7. The van der Waals surface area contributed by atoms with Gasteiger partial charge in [-0.3, -0.25) is 20.2 Å². The van der Waals surface area contributed by atoms with Crippen molar-refractivity contribution in [2.75, 3.05) is 109 Å². The number of fused-ring (bicyclic) bond motifs is 12. The highest BCUT2D eigenvalue weighted by Gasteiger charge is 2.40. The molecule has 0 amide bonds. The number of aromatic nitrogens is 6. The van der Waals surface area contributed by atoms with E-state index in [1.807, 2.05) is 38.1 Å². The number of nitrogens with one attached hydrogen (secondary N) is 1. The number of nitrogens with zero attached hydrogens (tertiary/aromatic N) is 13. The van der Waals surface area contributed by atoms with Crippen LogP contribution in [0.25, 0.3) is 34.2 Å². The van der Waals surface area contributed by atoms with Gasteiger partial charge in [0, 0.05) is 143 Å². The zero-order valence-electron chi connectivity index (χ0n) is 53.4. The monoisotopic (exact) mass is 1310 g/mol. The molecule has 3 aromatic heterocycles. The Balaban J connectivity index is 0.000000114. The maximum absolute atomic E-state index is 11.0. The van der Waals surface area contributed by atoms with E-state index in [9.17, 15) is 20.2 Å². The average Bonchev–Trinajstić information content (AvgIpc) is 1.06. The van der Waals surface area contributed by atoms with Gasteiger partial charge in [0.2, 0.25) is 0 Å². The minimum Gasteiger partial charge on any atom is -0.399 e. The first-order valence-corrected chi connectivity index (χ1v) is 34.3. The lowest BCUT2D eigenvalue weighted by molar-refractivity contribution is -0.385. The average molecular weight is 1310 g/mol. The van der Waals surface area contributed by atoms with Gasteiger partial charge in [0.15, 0.2) is 17.5 Å². The predicted molar refractivity (Wildman–Crippen MR) is 358 cm³/mol. The standard InChI is InChI=1S/C22H25N5O4.C22H27N5O2.C16H15ClN4O3.C6H11NO.C2H6/c28-27(29)15-3-1-14(2-4-15)22-23-20(25-10-16-5-6-17(11-25)30-16)9-21(24-22)26-12-18-7-8-19(13-26)31-18;23-15-3-1-14(2-4-15)22-24-20(26-10-16-5-6-17(11-26)28-16)9-21(25-22)27-12-18-7-8-19(13-27)29-18;17-14-7-15(20-8-12-5-6-13(9-20)24-12)19-16(18-14)10-1-3-11(4-2-10)21(22)23;1-2-6-4-7-3-5(1)8-6;1-2/h1-4,9,16-19H,5-8,10-13H2;1-4,9,16-19H,5-8,10-13,23H2;1-4,7,12-13H,5-6,8-9H2;5-7H,1-4H2;1-2H3. The number of rotatable bonds is 10. The van der Waals surface area contributed by atoms with E-state index in [-0.39, 0.29) is 52.9 Å². The van der Waals surface area contributed by atoms with E-state index in [2.05, 4.69) is 51.9 Å². The first-order chi connectivity index (χ1) is 45.8. The number of benzene rings is 3. The number of non-ortho nitro benzene ring substituents is 2. The van der Waals surface area contributed by atoms with Crippen molar-refractivity contribution in [2.24, 2.45) is 0 Å². The Kier molecular flexibility index (Phi) is 19.3. The lowest BCUT2D eigenvalue weighted by Crippen LogP contribution is -2.44. The van der Waals surface area contributed by atoms with E-state index in [1.165, 1.54) is 37.1 Å². The van der Waals surface area contributed by atoms with Crippen molar-refractivity contribution in [3.63, 3.8) is 0 Å². The third kappa shape index (κ3) is 15.0. The zero-order chi connectivity index (χ0) is 64.4. The van der Waals surface area contributed by atoms with Crippen LogP contribution in [0.4, 0.5) is 46.2 Å². The van der Waals surface area contributed by atoms with Crippen LogP contribution < -0.4 is 35.6 Å². The van der Waals surface area contributed by atoms with Crippen molar-refractivity contribution in [1.29, 1.82) is 0 Å². The summed E-state index contributed by atoms with van der Waals surface area (Å²) in [5.41, 5.74) is 9.20. The maximum Gasteiger partial charge on any atom is 0.269 e. The Bertz CT molecular complexity index is 3450. The van der Waals surface area contributed by atoms with Crippen molar-refractivity contribution >= 4 is 57.8 Å². The summed E-state index contributed by atoms with van der Waals surface area (Å²) in [4.78, 5) is 61.1. The molecule has 26 heteroatoms. The second-order valence-electron chi connectivity index (χ2n) is 26.3. The molecule has 25 nitrogen and oxygen atoms in total. The van der Waals surface area contributed by atoms with E-state index < -0.39 is 4.92 Å². The summed E-state index contributed by atoms with van der Waals surface area (Å²) < 4.78 is 35.5. The molecule has 12 bridgehead atoms. The number of morpholine rings is 6. The van der Waals surface area contributed by atoms with Gasteiger partial charge < -0.3 is 64.0 Å². The van der Waals surface area contributed by atoms with Gasteiger partial charge in [-0.15, -0.1) is 0 Å². The molecular formula is C68H84ClN15O10. The number of anilines is 6. The van der Waals surface area contributed by atoms with E-state index in [0.717, 1.165) is 194 Å². The number of hydrogen-bond donors (Lipinski definition) is 2. The summed E-state index contributed by atoms with van der Waals surface area (Å²) in [5, 5.41) is 25.5. The Morgan fingerprint density at radius 1 is 0.383 bits per heavy atom. The molecular weight excluding hydrogens is 1220 g/mol. The first-order valence-electron chi connectivity index (χ1n) is 33.9. The van der Waals surface area contributed by atoms with Gasteiger partial charge in [-0.05, 0) is 126 Å². The molecule has 6 aromatic rings. The lowest BCUT2D eigenvalue weighted by atomic mass is 10.2. The van der Waals surface area contributed by atoms with Crippen molar-refractivity contribution in [1.82, 2.24) is 35.2 Å². The second-order valence-corrected chi connectivity index (χ2v) is 26.7. The number of halogens is 1. The Labute approximate surface area is 552 Å². The van der Waals surface area contributed by atoms with E-state index in [1.54, 1.807) is 30.3 Å². The van der Waals surface area contributed by atoms with Gasteiger partial charge in [-0.25, -0.2) is 29.9 Å². The molecule has 12 aliphatic heterocycles. The third-order valence-electron chi connectivity index (χ3n) is 19.7. The first kappa shape index (κ1) is 63.9. The summed E-state index contributed by atoms with van der Waals surface area (Å²) in [6, 6.07) is 26.5. The van der Waals surface area contributed by atoms with Crippen LogP contribution in [-0.4, -0.2) is 192 Å². The topological polar surface area (TPSA) is 273 Å². The molecule has 94 heavy (non-hydrogen) atoms. The molecule has 0 radical (unpaired) electrons. The minimum atomic E-state index is -0.433. The number of nitrogens with two attached hydrogens (primary N) is 1. The third-order valence-corrected chi connectivity index (χ3v) is 19.9. The number of ether oxygens (including phenoxy) is 6. The minimum absolute atomic E-state index is 0.0331. The van der Waals surface area contributed by atoms with E-state index >= 15 is 0 Å². The maximum atomic E-state index is 11.0. The van der Waals surface area contributed by atoms with Crippen LogP contribution >= 0.6 is 11.6 Å². The summed E-state index contributed by atoms with van der Waals surface area (Å²) >= 11 is 6.17. The molecule has 18 rings (SSSR count).